The van der Waals surface area contributed by atoms with Crippen LogP contribution in [0.25, 0.3) is 0 Å². The molecule has 0 amide bonds. The second kappa shape index (κ2) is 6.58. The fourth-order valence-electron chi connectivity index (χ4n) is 2.31. The highest BCUT2D eigenvalue weighted by atomic mass is 32.2. The van der Waals surface area contributed by atoms with Gasteiger partial charge in [-0.15, -0.1) is 0 Å². The van der Waals surface area contributed by atoms with Gasteiger partial charge in [0.1, 0.15) is 5.82 Å². The monoisotopic (exact) mass is 321 g/mol. The van der Waals surface area contributed by atoms with Crippen molar-refractivity contribution in [1.29, 1.82) is 0 Å². The molecule has 5 heteroatoms. The molecule has 1 atom stereocenters. The summed E-state index contributed by atoms with van der Waals surface area (Å²) in [6, 6.07) is 13.5. The Kier molecular flexibility index (Phi) is 4.98. The second-order valence-electron chi connectivity index (χ2n) is 5.56. The van der Waals surface area contributed by atoms with E-state index in [2.05, 4.69) is 4.90 Å². The van der Waals surface area contributed by atoms with Gasteiger partial charge >= 0.3 is 0 Å². The lowest BCUT2D eigenvalue weighted by molar-refractivity contribution is 0.252. The first kappa shape index (κ1) is 16.6. The summed E-state index contributed by atoms with van der Waals surface area (Å²) in [4.78, 5) is 2.40. The Balaban J connectivity index is 2.12. The van der Waals surface area contributed by atoms with Crippen LogP contribution in [0.5, 0.6) is 0 Å². The Morgan fingerprint density at radius 3 is 2.32 bits per heavy atom. The van der Waals surface area contributed by atoms with E-state index in [0.29, 0.717) is 11.4 Å². The lowest BCUT2D eigenvalue weighted by atomic mass is 10.1. The highest BCUT2D eigenvalue weighted by Gasteiger charge is 2.14. The number of hydrogen-bond acceptors (Lipinski definition) is 3. The third kappa shape index (κ3) is 4.15. The van der Waals surface area contributed by atoms with Crippen LogP contribution in [-0.2, 0) is 16.4 Å². The predicted molar refractivity (Wildman–Crippen MR) is 85.8 cm³/mol. The third-order valence-electron chi connectivity index (χ3n) is 3.77. The van der Waals surface area contributed by atoms with E-state index in [-0.39, 0.29) is 11.9 Å². The van der Waals surface area contributed by atoms with Crippen molar-refractivity contribution in [3.63, 3.8) is 0 Å². The fourth-order valence-corrected chi connectivity index (χ4v) is 2.94. The van der Waals surface area contributed by atoms with Crippen LogP contribution < -0.4 is 0 Å². The molecule has 0 N–H and O–H groups in total. The van der Waals surface area contributed by atoms with Gasteiger partial charge in [-0.25, -0.2) is 12.8 Å². The summed E-state index contributed by atoms with van der Waals surface area (Å²) in [7, 11) is -1.22. The lowest BCUT2D eigenvalue weighted by Crippen LogP contribution is -2.22. The molecule has 22 heavy (non-hydrogen) atoms. The Morgan fingerprint density at radius 2 is 1.77 bits per heavy atom. The minimum Gasteiger partial charge on any atom is -0.295 e. The van der Waals surface area contributed by atoms with Crippen LogP contribution in [0.3, 0.4) is 0 Å². The molecule has 0 bridgehead atoms. The SMILES string of the molecule is C[C@H](c1ccc(S(C)(=O)=O)cc1)N(C)Cc1cccc(F)c1. The first-order chi connectivity index (χ1) is 10.3. The maximum Gasteiger partial charge on any atom is 0.175 e. The Morgan fingerprint density at radius 1 is 1.14 bits per heavy atom. The van der Waals surface area contributed by atoms with Crippen LogP contribution in [0, 0.1) is 5.82 Å². The molecule has 3 nitrogen and oxygen atoms in total. The summed E-state index contributed by atoms with van der Waals surface area (Å²) in [5.41, 5.74) is 1.92. The molecule has 2 rings (SSSR count). The smallest absolute Gasteiger partial charge is 0.175 e. The van der Waals surface area contributed by atoms with E-state index in [1.165, 1.54) is 18.4 Å². The van der Waals surface area contributed by atoms with Gasteiger partial charge in [-0.2, -0.15) is 0 Å². The van der Waals surface area contributed by atoms with Crippen molar-refractivity contribution < 1.29 is 12.8 Å². The summed E-state index contributed by atoms with van der Waals surface area (Å²) in [5.74, 6) is -0.240. The summed E-state index contributed by atoms with van der Waals surface area (Å²) >= 11 is 0. The van der Waals surface area contributed by atoms with E-state index in [1.807, 2.05) is 32.2 Å². The molecular weight excluding hydrogens is 301 g/mol. The normalized spacial score (nSPS) is 13.3. The quantitative estimate of drug-likeness (QED) is 0.847. The molecule has 0 aliphatic rings. The van der Waals surface area contributed by atoms with E-state index in [4.69, 9.17) is 0 Å². The van der Waals surface area contributed by atoms with Gasteiger partial charge in [-0.05, 0) is 49.4 Å². The number of halogens is 1. The van der Waals surface area contributed by atoms with Gasteiger partial charge < -0.3 is 0 Å². The molecule has 2 aromatic carbocycles. The summed E-state index contributed by atoms with van der Waals surface area (Å²) in [6.45, 7) is 2.65. The van der Waals surface area contributed by atoms with Gasteiger partial charge in [-0.3, -0.25) is 4.90 Å². The molecule has 0 aromatic heterocycles. The van der Waals surface area contributed by atoms with Crippen LogP contribution in [0.15, 0.2) is 53.4 Å². The number of hydrogen-bond donors (Lipinski definition) is 0. The minimum absolute atomic E-state index is 0.0943. The first-order valence-corrected chi connectivity index (χ1v) is 8.91. The van der Waals surface area contributed by atoms with Crippen molar-refractivity contribution in [2.75, 3.05) is 13.3 Å². The third-order valence-corrected chi connectivity index (χ3v) is 4.90. The molecule has 0 aliphatic carbocycles. The largest absolute Gasteiger partial charge is 0.295 e. The van der Waals surface area contributed by atoms with Crippen LogP contribution >= 0.6 is 0 Å². The van der Waals surface area contributed by atoms with Crippen LogP contribution in [0.2, 0.25) is 0 Å². The summed E-state index contributed by atoms with van der Waals surface area (Å²) < 4.78 is 36.2. The molecule has 0 aliphatic heterocycles. The van der Waals surface area contributed by atoms with Crippen LogP contribution in [0.1, 0.15) is 24.1 Å². The molecule has 0 unspecified atom stereocenters. The van der Waals surface area contributed by atoms with Crippen LogP contribution in [0.4, 0.5) is 4.39 Å². The Bertz CT molecular complexity index is 742. The van der Waals surface area contributed by atoms with E-state index in [1.54, 1.807) is 18.2 Å². The maximum atomic E-state index is 13.2. The lowest BCUT2D eigenvalue weighted by Gasteiger charge is -2.25. The highest BCUT2D eigenvalue weighted by Crippen LogP contribution is 2.22. The van der Waals surface area contributed by atoms with Crippen molar-refractivity contribution in [2.24, 2.45) is 0 Å². The van der Waals surface area contributed by atoms with E-state index >= 15 is 0 Å². The zero-order chi connectivity index (χ0) is 16.3. The van der Waals surface area contributed by atoms with E-state index < -0.39 is 9.84 Å². The zero-order valence-electron chi connectivity index (χ0n) is 13.0. The molecule has 0 spiro atoms. The van der Waals surface area contributed by atoms with Gasteiger partial charge in [0.25, 0.3) is 0 Å². The highest BCUT2D eigenvalue weighted by molar-refractivity contribution is 7.90. The minimum atomic E-state index is -3.17. The summed E-state index contributed by atoms with van der Waals surface area (Å²) in [5, 5.41) is 0. The van der Waals surface area contributed by atoms with Gasteiger partial charge in [0.05, 0.1) is 4.90 Å². The van der Waals surface area contributed by atoms with Crippen molar-refractivity contribution >= 4 is 9.84 Å². The number of nitrogens with zero attached hydrogens (tertiary/aromatic N) is 1. The standard InChI is InChI=1S/C17H20FNO2S/c1-13(15-7-9-17(10-8-15)22(3,20)21)19(2)12-14-5-4-6-16(18)11-14/h4-11,13H,12H2,1-3H3/t13-/m1/s1. The Labute approximate surface area is 131 Å². The number of rotatable bonds is 5. The average Bonchev–Trinajstić information content (AvgIpc) is 2.45. The van der Waals surface area contributed by atoms with Crippen molar-refractivity contribution in [2.45, 2.75) is 24.4 Å². The average molecular weight is 321 g/mol. The van der Waals surface area contributed by atoms with Crippen LogP contribution in [-0.4, -0.2) is 26.6 Å². The molecular formula is C17H20FNO2S. The molecule has 118 valence electrons. The Hall–Kier alpha value is -1.72. The molecule has 0 saturated heterocycles. The van der Waals surface area contributed by atoms with Gasteiger partial charge in [0, 0.05) is 18.8 Å². The molecule has 0 saturated carbocycles. The molecule has 0 fully saturated rings. The predicted octanol–water partition coefficient (Wildman–Crippen LogP) is 3.42. The fraction of sp³-hybridized carbons (Fsp3) is 0.294. The second-order valence-corrected chi connectivity index (χ2v) is 7.58. The summed E-state index contributed by atoms with van der Waals surface area (Å²) in [6.07, 6.45) is 1.20. The molecule has 0 radical (unpaired) electrons. The van der Waals surface area contributed by atoms with E-state index in [9.17, 15) is 12.8 Å². The molecule has 2 aromatic rings. The van der Waals surface area contributed by atoms with Crippen molar-refractivity contribution in [3.05, 3.63) is 65.5 Å². The van der Waals surface area contributed by atoms with Gasteiger partial charge in [0.2, 0.25) is 0 Å². The van der Waals surface area contributed by atoms with Gasteiger partial charge in [-0.1, -0.05) is 24.3 Å². The number of sulfone groups is 1. The zero-order valence-corrected chi connectivity index (χ0v) is 13.8. The molecule has 0 heterocycles. The number of benzene rings is 2. The van der Waals surface area contributed by atoms with Crippen molar-refractivity contribution in [3.8, 4) is 0 Å². The first-order valence-electron chi connectivity index (χ1n) is 7.02. The van der Waals surface area contributed by atoms with E-state index in [0.717, 1.165) is 11.1 Å². The topological polar surface area (TPSA) is 37.4 Å². The maximum absolute atomic E-state index is 13.2. The van der Waals surface area contributed by atoms with Crippen molar-refractivity contribution in [1.82, 2.24) is 4.90 Å². The van der Waals surface area contributed by atoms with Gasteiger partial charge in [0.15, 0.2) is 9.84 Å².